The van der Waals surface area contributed by atoms with Gasteiger partial charge in [0.15, 0.2) is 0 Å². The Balaban J connectivity index is 0.000000126. The van der Waals surface area contributed by atoms with Crippen molar-refractivity contribution in [3.63, 3.8) is 0 Å². The van der Waals surface area contributed by atoms with E-state index in [4.69, 9.17) is 24.9 Å². The highest BCUT2D eigenvalue weighted by atomic mass is 127. The van der Waals surface area contributed by atoms with Gasteiger partial charge >= 0.3 is 0 Å². The lowest BCUT2D eigenvalue weighted by atomic mass is 9.93. The fraction of sp³-hybridized carbons (Fsp3) is 0.0154. The first-order valence-electron chi connectivity index (χ1n) is 48.5. The Morgan fingerprint density at radius 1 is 0.236 bits per heavy atom. The number of hydrogen-bond acceptors (Lipinski definition) is 6. The Hall–Kier alpha value is -15.4. The third-order valence-corrected chi connectivity index (χ3v) is 27.1. The van der Waals surface area contributed by atoms with Crippen LogP contribution in [0.2, 0.25) is 0 Å². The second-order valence-corrected chi connectivity index (χ2v) is 36.0. The second kappa shape index (κ2) is 41.5. The summed E-state index contributed by atoms with van der Waals surface area (Å²) in [4.78, 5) is 6.30. The fourth-order valence-corrected chi connectivity index (χ4v) is 20.2. The van der Waals surface area contributed by atoms with E-state index in [9.17, 15) is 0 Å². The molecule has 10 heteroatoms. The fourth-order valence-electron chi connectivity index (χ4n) is 19.4. The first-order chi connectivity index (χ1) is 71.1. The Morgan fingerprint density at radius 2 is 0.536 bits per heavy atom. The maximum absolute atomic E-state index is 6.35. The number of hydrogen-bond donors (Lipinski definition) is 2. The standard InChI is InChI=1S/C48H31NO.C32H21NO.C20H15N.C16H11Br.C12H7BrO.2CH3I.3H2/c1-2-11-35-30-36(21-20-32(35)10-1)33-22-26-38(27-23-33)49(45-17-9-19-47-48(45)43-16-7-8-18-46(43)50-47)39-28-24-34(25-29-39)44-31-37-12-3-4-13-40(37)41-14-5-6-15-42(41)44;1-2-9-24-22(8-1)20-28(26-11-4-3-10-25(24)26)21-16-18-23(19-17-21)33-29-13-7-15-31-32(29)27-12-5-6-14-30(27)34-31;21-16-11-9-14(10-12-16)20-13-15-5-1-2-6-17(15)18-7-3-4-8-19(18)20;17-16-9-7-13(8-10-16)15-6-5-12-3-1-2-4-14(12)11-15;13-9-5-3-7-11-12(9)8-4-1-2-6-10(8)14-11;2*1-2;;;/h1-31H;1-20,33H;1-13H,21H2;1-11H;1-7H;2*1H3;3*1H/i;;;;;;;2*1+1D;1+1. The van der Waals surface area contributed by atoms with Crippen molar-refractivity contribution in [2.75, 3.05) is 25.8 Å². The van der Waals surface area contributed by atoms with E-state index in [0.717, 1.165) is 109 Å². The molecule has 0 fully saturated rings. The van der Waals surface area contributed by atoms with Crippen molar-refractivity contribution in [1.82, 2.24) is 0 Å². The number of rotatable bonds is 10. The molecular formula is C130H97Br2I2N3O3. The van der Waals surface area contributed by atoms with Gasteiger partial charge in [0.05, 0.1) is 22.1 Å². The Morgan fingerprint density at radius 3 is 0.971 bits per heavy atom. The van der Waals surface area contributed by atoms with E-state index in [2.05, 4.69) is 500 Å². The largest absolute Gasteiger partial charge is 0.456 e. The number of nitrogens with zero attached hydrogens (tertiary/aromatic N) is 1. The maximum atomic E-state index is 6.35. The van der Waals surface area contributed by atoms with E-state index >= 15 is 0 Å². The summed E-state index contributed by atoms with van der Waals surface area (Å²) in [6.45, 7) is 0. The van der Waals surface area contributed by atoms with Crippen LogP contribution in [0.5, 0.6) is 0 Å². The number of furan rings is 3. The highest BCUT2D eigenvalue weighted by molar-refractivity contribution is 14.1. The molecule has 27 rings (SSSR count). The van der Waals surface area contributed by atoms with Crippen LogP contribution in [0, 0.1) is 0 Å². The van der Waals surface area contributed by atoms with Gasteiger partial charge in [0.25, 0.3) is 0 Å². The molecule has 0 radical (unpaired) electrons. The van der Waals surface area contributed by atoms with E-state index in [1.54, 1.807) is 0 Å². The zero-order valence-corrected chi connectivity index (χ0v) is 84.1. The number of para-hydroxylation sites is 3. The number of alkyl halides is 2. The predicted octanol–water partition coefficient (Wildman–Crippen LogP) is 40.9. The lowest BCUT2D eigenvalue weighted by molar-refractivity contribution is 0.668. The molecule has 0 spiro atoms. The van der Waals surface area contributed by atoms with Crippen molar-refractivity contribution in [3.8, 4) is 55.6 Å². The Bertz CT molecular complexity index is 9230. The van der Waals surface area contributed by atoms with Gasteiger partial charge in [-0.1, -0.05) is 429 Å². The van der Waals surface area contributed by atoms with Gasteiger partial charge in [0, 0.05) is 60.6 Å². The molecule has 3 aromatic heterocycles. The summed E-state index contributed by atoms with van der Waals surface area (Å²) in [6, 6.07) is 175. The van der Waals surface area contributed by atoms with E-state index in [1.165, 1.54) is 142 Å². The van der Waals surface area contributed by atoms with Crippen molar-refractivity contribution in [2.24, 2.45) is 0 Å². The molecule has 0 aliphatic heterocycles. The molecule has 27 aromatic rings. The van der Waals surface area contributed by atoms with Crippen LogP contribution in [0.3, 0.4) is 0 Å². The Labute approximate surface area is 863 Å². The maximum Gasteiger partial charge on any atom is 0.137 e. The van der Waals surface area contributed by atoms with Gasteiger partial charge < -0.3 is 29.2 Å². The van der Waals surface area contributed by atoms with Gasteiger partial charge in [-0.15, -0.1) is 0 Å². The predicted molar refractivity (Wildman–Crippen MR) is 632 cm³/mol. The summed E-state index contributed by atoms with van der Waals surface area (Å²) >= 11 is 11.3. The van der Waals surface area contributed by atoms with Gasteiger partial charge in [0.2, 0.25) is 0 Å². The minimum atomic E-state index is 0. The van der Waals surface area contributed by atoms with Crippen LogP contribution in [-0.2, 0) is 0 Å². The molecular weight excluding hydrogens is 2070 g/mol. The van der Waals surface area contributed by atoms with Gasteiger partial charge in [-0.05, 0) is 297 Å². The molecule has 0 amide bonds. The van der Waals surface area contributed by atoms with Crippen LogP contribution in [0.15, 0.2) is 520 Å². The number of fused-ring (bicyclic) bond motifs is 20. The van der Waals surface area contributed by atoms with E-state index < -0.39 is 0 Å². The third-order valence-electron chi connectivity index (χ3n) is 25.9. The lowest BCUT2D eigenvalue weighted by Crippen LogP contribution is -2.10. The van der Waals surface area contributed by atoms with Crippen molar-refractivity contribution < 1.29 is 20.6 Å². The molecule has 3 N–H and O–H groups in total. The van der Waals surface area contributed by atoms with Crippen LogP contribution >= 0.6 is 77.0 Å². The van der Waals surface area contributed by atoms with Gasteiger partial charge in [0.1, 0.15) is 33.5 Å². The number of nitrogens with one attached hydrogen (secondary N) is 1. The molecule has 140 heavy (non-hydrogen) atoms. The molecule has 6 nitrogen and oxygen atoms in total. The zero-order valence-electron chi connectivity index (χ0n) is 80.6. The first-order valence-corrected chi connectivity index (χ1v) is 52.4. The Kier molecular flexibility index (Phi) is 26.2. The van der Waals surface area contributed by atoms with Crippen LogP contribution < -0.4 is 16.0 Å². The van der Waals surface area contributed by atoms with E-state index in [0.29, 0.717) is 0 Å². The highest BCUT2D eigenvalue weighted by Gasteiger charge is 2.22. The average Bonchev–Trinajstić information content (AvgIpc) is 1.62. The van der Waals surface area contributed by atoms with Crippen LogP contribution in [-0.4, -0.2) is 9.86 Å². The molecule has 0 aliphatic carbocycles. The molecule has 0 saturated heterocycles. The first kappa shape index (κ1) is 88.6. The molecule has 0 aliphatic rings. The molecule has 0 atom stereocenters. The zero-order chi connectivity index (χ0) is 98.9. The summed E-state index contributed by atoms with van der Waals surface area (Å²) in [5.41, 5.74) is 29.6. The molecule has 678 valence electrons. The minimum Gasteiger partial charge on any atom is -0.456 e. The smallest absolute Gasteiger partial charge is 0.137 e. The quantitative estimate of drug-likeness (QED) is 0.0615. The van der Waals surface area contributed by atoms with Crippen molar-refractivity contribution in [3.05, 3.63) is 506 Å². The minimum absolute atomic E-state index is 0. The van der Waals surface area contributed by atoms with Crippen molar-refractivity contribution >= 4 is 263 Å². The summed E-state index contributed by atoms with van der Waals surface area (Å²) in [7, 11) is 0. The van der Waals surface area contributed by atoms with Crippen molar-refractivity contribution in [1.29, 1.82) is 0 Å². The number of benzene rings is 24. The summed E-state index contributed by atoms with van der Waals surface area (Å²) in [6.07, 6.45) is 0. The van der Waals surface area contributed by atoms with E-state index in [-0.39, 0.29) is 1.43 Å². The average molecular weight is 2170 g/mol. The molecule has 0 bridgehead atoms. The second-order valence-electron chi connectivity index (χ2n) is 34.2. The van der Waals surface area contributed by atoms with Gasteiger partial charge in [-0.3, -0.25) is 0 Å². The normalized spacial score (nSPS) is 11.2. The monoisotopic (exact) mass is 2160 g/mol. The number of halogens is 4. The van der Waals surface area contributed by atoms with Gasteiger partial charge in [-0.25, -0.2) is 0 Å². The van der Waals surface area contributed by atoms with E-state index in [1.807, 2.05) is 94.8 Å². The topological polar surface area (TPSA) is 80.7 Å². The summed E-state index contributed by atoms with van der Waals surface area (Å²) < 4.78 is 40.3. The third kappa shape index (κ3) is 18.7. The van der Waals surface area contributed by atoms with Crippen molar-refractivity contribution in [2.45, 2.75) is 0 Å². The molecule has 3 heterocycles. The number of anilines is 6. The molecule has 0 unspecified atom stereocenters. The molecule has 0 saturated carbocycles. The SMILES string of the molecule is Brc1ccc(-c2ccc3ccccc3c2)cc1.Brc1cccc2oc3ccccc3c12.CI.CI.Nc1ccc(-c2cc3ccccc3c3ccccc23)cc1.[2HH].[2H][2H].[2H][2H].c1ccc2c(c1)cc(-c1ccc(Nc3cccc4oc5ccccc5c34)cc1)c1ccccc12.c1ccc2cc(-c3ccc(N(c4ccc(-c5cc6ccccc6c6ccccc56)cc4)c4cccc5oc6ccccc6c45)cc3)ccc2c1. The summed E-state index contributed by atoms with van der Waals surface area (Å²) in [5, 5.41) is 30.8. The lowest BCUT2D eigenvalue weighted by Gasteiger charge is -2.27. The number of nitrogen functional groups attached to an aromatic ring is 1. The van der Waals surface area contributed by atoms with Crippen LogP contribution in [0.25, 0.3) is 208 Å². The highest BCUT2D eigenvalue weighted by Crippen LogP contribution is 2.47. The van der Waals surface area contributed by atoms with Crippen LogP contribution in [0.4, 0.5) is 34.1 Å². The van der Waals surface area contributed by atoms with Gasteiger partial charge in [-0.2, -0.15) is 0 Å². The molecule has 24 aromatic carbocycles. The summed E-state index contributed by atoms with van der Waals surface area (Å²) in [5.74, 6) is 0. The van der Waals surface area contributed by atoms with Crippen LogP contribution in [0.1, 0.15) is 7.37 Å². The number of nitrogens with two attached hydrogens (primary N) is 1.